The predicted octanol–water partition coefficient (Wildman–Crippen LogP) is 3.18. The SMILES string of the molecule is COc1nc2ccccc2nc1CCC(=O)NC1COC2(CCCCC2)C1. The number of rotatable bonds is 5. The van der Waals surface area contributed by atoms with Gasteiger partial charge in [0.25, 0.3) is 0 Å². The van der Waals surface area contributed by atoms with Gasteiger partial charge in [-0.15, -0.1) is 0 Å². The van der Waals surface area contributed by atoms with Crippen LogP contribution in [0.5, 0.6) is 5.88 Å². The smallest absolute Gasteiger partial charge is 0.235 e. The van der Waals surface area contributed by atoms with Crippen LogP contribution < -0.4 is 10.1 Å². The summed E-state index contributed by atoms with van der Waals surface area (Å²) in [5.41, 5.74) is 2.35. The van der Waals surface area contributed by atoms with Crippen LogP contribution in [0.3, 0.4) is 0 Å². The van der Waals surface area contributed by atoms with Crippen molar-refractivity contribution in [2.45, 2.75) is 63.0 Å². The molecule has 1 saturated carbocycles. The molecule has 1 aliphatic carbocycles. The summed E-state index contributed by atoms with van der Waals surface area (Å²) >= 11 is 0. The minimum atomic E-state index is 0.0171. The second-order valence-corrected chi connectivity index (χ2v) is 7.69. The van der Waals surface area contributed by atoms with E-state index in [4.69, 9.17) is 9.47 Å². The number of benzene rings is 1. The molecule has 0 radical (unpaired) electrons. The van der Waals surface area contributed by atoms with Gasteiger partial charge in [0.15, 0.2) is 0 Å². The molecule has 6 nitrogen and oxygen atoms in total. The number of para-hydroxylation sites is 2. The molecule has 1 saturated heterocycles. The standard InChI is InChI=1S/C21H27N3O3/c1-26-20-18(23-16-7-3-4-8-17(16)24-20)9-10-19(25)22-15-13-21(27-14-15)11-5-2-6-12-21/h3-4,7-8,15H,2,5-6,9-14H2,1H3,(H,22,25). The molecule has 1 aromatic carbocycles. The number of nitrogens with one attached hydrogen (secondary N) is 1. The highest BCUT2D eigenvalue weighted by Crippen LogP contribution is 2.39. The van der Waals surface area contributed by atoms with Gasteiger partial charge in [-0.2, -0.15) is 0 Å². The van der Waals surface area contributed by atoms with Crippen LogP contribution in [0.4, 0.5) is 0 Å². The number of aryl methyl sites for hydroxylation is 1. The number of aromatic nitrogens is 2. The van der Waals surface area contributed by atoms with E-state index in [1.807, 2.05) is 24.3 Å². The molecular weight excluding hydrogens is 342 g/mol. The molecule has 4 rings (SSSR count). The highest BCUT2D eigenvalue weighted by atomic mass is 16.5. The van der Waals surface area contributed by atoms with Crippen molar-refractivity contribution in [2.24, 2.45) is 0 Å². The van der Waals surface area contributed by atoms with Gasteiger partial charge >= 0.3 is 0 Å². The summed E-state index contributed by atoms with van der Waals surface area (Å²) in [6, 6.07) is 7.81. The van der Waals surface area contributed by atoms with Crippen molar-refractivity contribution in [2.75, 3.05) is 13.7 Å². The summed E-state index contributed by atoms with van der Waals surface area (Å²) in [4.78, 5) is 21.6. The van der Waals surface area contributed by atoms with Crippen LogP contribution in [0, 0.1) is 0 Å². The van der Waals surface area contributed by atoms with Crippen molar-refractivity contribution < 1.29 is 14.3 Å². The molecule has 6 heteroatoms. The minimum Gasteiger partial charge on any atom is -0.480 e. The van der Waals surface area contributed by atoms with Crippen molar-refractivity contribution in [1.82, 2.24) is 15.3 Å². The Bertz CT molecular complexity index is 817. The number of amides is 1. The topological polar surface area (TPSA) is 73.3 Å². The maximum atomic E-state index is 12.5. The van der Waals surface area contributed by atoms with Gasteiger partial charge in [0.1, 0.15) is 5.69 Å². The van der Waals surface area contributed by atoms with E-state index in [-0.39, 0.29) is 17.6 Å². The van der Waals surface area contributed by atoms with Gasteiger partial charge in [0.2, 0.25) is 11.8 Å². The maximum Gasteiger partial charge on any atom is 0.235 e. The average molecular weight is 369 g/mol. The highest BCUT2D eigenvalue weighted by molar-refractivity contribution is 5.77. The third kappa shape index (κ3) is 4.05. The van der Waals surface area contributed by atoms with E-state index in [9.17, 15) is 4.79 Å². The van der Waals surface area contributed by atoms with E-state index in [0.29, 0.717) is 25.3 Å². The summed E-state index contributed by atoms with van der Waals surface area (Å²) in [7, 11) is 1.59. The first-order valence-corrected chi connectivity index (χ1v) is 9.90. The van der Waals surface area contributed by atoms with Gasteiger partial charge in [0.05, 0.1) is 36.4 Å². The monoisotopic (exact) mass is 369 g/mol. The zero-order valence-corrected chi connectivity index (χ0v) is 15.9. The number of fused-ring (bicyclic) bond motifs is 1. The molecule has 1 N–H and O–H groups in total. The zero-order chi connectivity index (χ0) is 18.7. The maximum absolute atomic E-state index is 12.5. The van der Waals surface area contributed by atoms with Gasteiger partial charge in [-0.3, -0.25) is 4.79 Å². The Kier molecular flexibility index (Phi) is 5.25. The number of methoxy groups -OCH3 is 1. The van der Waals surface area contributed by atoms with Crippen molar-refractivity contribution in [3.63, 3.8) is 0 Å². The summed E-state index contributed by atoms with van der Waals surface area (Å²) in [5, 5.41) is 3.14. The zero-order valence-electron chi connectivity index (χ0n) is 15.9. The lowest BCUT2D eigenvalue weighted by atomic mass is 9.82. The average Bonchev–Trinajstić information content (AvgIpc) is 3.07. The quantitative estimate of drug-likeness (QED) is 0.876. The number of nitrogens with zero attached hydrogens (tertiary/aromatic N) is 2. The Balaban J connectivity index is 1.35. The van der Waals surface area contributed by atoms with E-state index in [0.717, 1.165) is 36.0 Å². The van der Waals surface area contributed by atoms with Crippen LogP contribution in [0.25, 0.3) is 11.0 Å². The fraction of sp³-hybridized carbons (Fsp3) is 0.571. The third-order valence-electron chi connectivity index (χ3n) is 5.73. The van der Waals surface area contributed by atoms with Crippen LogP contribution >= 0.6 is 0 Å². The Labute approximate surface area is 159 Å². The van der Waals surface area contributed by atoms with Crippen molar-refractivity contribution in [3.05, 3.63) is 30.0 Å². The summed E-state index contributed by atoms with van der Waals surface area (Å²) < 4.78 is 11.5. The molecule has 144 valence electrons. The van der Waals surface area contributed by atoms with Gasteiger partial charge in [-0.1, -0.05) is 31.4 Å². The molecule has 1 atom stereocenters. The molecule has 1 unspecified atom stereocenters. The van der Waals surface area contributed by atoms with Gasteiger partial charge in [-0.05, 0) is 31.4 Å². The first-order valence-electron chi connectivity index (χ1n) is 9.90. The molecule has 2 heterocycles. The summed E-state index contributed by atoms with van der Waals surface area (Å²) in [6.07, 6.45) is 7.85. The number of ether oxygens (including phenoxy) is 2. The number of carbonyl (C=O) groups excluding carboxylic acids is 1. The number of carbonyl (C=O) groups is 1. The van der Waals surface area contributed by atoms with Gasteiger partial charge in [-0.25, -0.2) is 9.97 Å². The van der Waals surface area contributed by atoms with Gasteiger partial charge in [0, 0.05) is 12.8 Å². The lowest BCUT2D eigenvalue weighted by Gasteiger charge is -2.32. The highest BCUT2D eigenvalue weighted by Gasteiger charge is 2.41. The Morgan fingerprint density at radius 3 is 2.70 bits per heavy atom. The molecule has 1 aromatic heterocycles. The summed E-state index contributed by atoms with van der Waals surface area (Å²) in [5.74, 6) is 0.528. The molecule has 1 aliphatic heterocycles. The van der Waals surface area contributed by atoms with E-state index < -0.39 is 0 Å². The van der Waals surface area contributed by atoms with E-state index >= 15 is 0 Å². The summed E-state index contributed by atoms with van der Waals surface area (Å²) in [6.45, 7) is 0.630. The van der Waals surface area contributed by atoms with Crippen molar-refractivity contribution in [3.8, 4) is 5.88 Å². The van der Waals surface area contributed by atoms with Crippen molar-refractivity contribution in [1.29, 1.82) is 0 Å². The minimum absolute atomic E-state index is 0.0171. The third-order valence-corrected chi connectivity index (χ3v) is 5.73. The Morgan fingerprint density at radius 2 is 1.96 bits per heavy atom. The van der Waals surface area contributed by atoms with E-state index in [2.05, 4.69) is 15.3 Å². The Hall–Kier alpha value is -2.21. The lowest BCUT2D eigenvalue weighted by Crippen LogP contribution is -2.37. The van der Waals surface area contributed by atoms with Crippen LogP contribution in [0.1, 0.15) is 50.6 Å². The van der Waals surface area contributed by atoms with Crippen molar-refractivity contribution >= 4 is 16.9 Å². The predicted molar refractivity (Wildman–Crippen MR) is 103 cm³/mol. The lowest BCUT2D eigenvalue weighted by molar-refractivity contribution is -0.121. The number of hydrogen-bond donors (Lipinski definition) is 1. The van der Waals surface area contributed by atoms with Crippen LogP contribution in [-0.4, -0.2) is 41.2 Å². The fourth-order valence-corrected chi connectivity index (χ4v) is 4.36. The first-order chi connectivity index (χ1) is 13.2. The second-order valence-electron chi connectivity index (χ2n) is 7.69. The van der Waals surface area contributed by atoms with Gasteiger partial charge < -0.3 is 14.8 Å². The molecule has 2 fully saturated rings. The van der Waals surface area contributed by atoms with E-state index in [1.165, 1.54) is 19.3 Å². The molecule has 0 bridgehead atoms. The fourth-order valence-electron chi connectivity index (χ4n) is 4.36. The molecule has 27 heavy (non-hydrogen) atoms. The number of hydrogen-bond acceptors (Lipinski definition) is 5. The van der Waals surface area contributed by atoms with Crippen LogP contribution in [0.2, 0.25) is 0 Å². The normalized spacial score (nSPS) is 21.4. The van der Waals surface area contributed by atoms with E-state index in [1.54, 1.807) is 7.11 Å². The molecular formula is C21H27N3O3. The first kappa shape index (κ1) is 18.2. The molecule has 2 aromatic rings. The van der Waals surface area contributed by atoms with Crippen LogP contribution in [0.15, 0.2) is 24.3 Å². The molecule has 1 amide bonds. The second kappa shape index (κ2) is 7.80. The molecule has 1 spiro atoms. The largest absolute Gasteiger partial charge is 0.480 e. The molecule has 2 aliphatic rings. The van der Waals surface area contributed by atoms with Crippen LogP contribution in [-0.2, 0) is 16.0 Å². The Morgan fingerprint density at radius 1 is 1.22 bits per heavy atom.